The fraction of sp³-hybridized carbons (Fsp3) is 0.647. The molecule has 1 aromatic rings. The highest BCUT2D eigenvalue weighted by molar-refractivity contribution is 7.57. The van der Waals surface area contributed by atoms with Crippen molar-refractivity contribution >= 4 is 12.9 Å². The van der Waals surface area contributed by atoms with Gasteiger partial charge < -0.3 is 24.5 Å². The topological polar surface area (TPSA) is 122 Å². The minimum Gasteiger partial charge on any atom is -0.396 e. The third-order valence-corrected chi connectivity index (χ3v) is 6.48. The zero-order chi connectivity index (χ0) is 18.9. The molecule has 1 saturated carbocycles. The first kappa shape index (κ1) is 19.5. The Balaban J connectivity index is 1.77. The van der Waals surface area contributed by atoms with Gasteiger partial charge in [-0.05, 0) is 25.3 Å². The van der Waals surface area contributed by atoms with Crippen molar-refractivity contribution in [3.63, 3.8) is 0 Å². The van der Waals surface area contributed by atoms with Gasteiger partial charge >= 0.3 is 0 Å². The van der Waals surface area contributed by atoms with Crippen LogP contribution in [0.3, 0.4) is 0 Å². The van der Waals surface area contributed by atoms with E-state index in [2.05, 4.69) is 9.97 Å². The summed E-state index contributed by atoms with van der Waals surface area (Å²) in [5, 5.41) is 20.5. The number of ether oxygens (including phenoxy) is 1. The lowest BCUT2D eigenvalue weighted by Gasteiger charge is -2.24. The van der Waals surface area contributed by atoms with Gasteiger partial charge in [-0.15, -0.1) is 0 Å². The van der Waals surface area contributed by atoms with Gasteiger partial charge in [0, 0.05) is 30.7 Å². The minimum atomic E-state index is -2.90. The van der Waals surface area contributed by atoms with Gasteiger partial charge in [-0.25, -0.2) is 4.98 Å². The molecule has 5 atom stereocenters. The molecule has 9 heteroatoms. The predicted octanol–water partition coefficient (Wildman–Crippen LogP) is 0.986. The van der Waals surface area contributed by atoms with Crippen LogP contribution in [0.1, 0.15) is 24.6 Å². The zero-order valence-corrected chi connectivity index (χ0v) is 15.8. The van der Waals surface area contributed by atoms with Crippen molar-refractivity contribution < 1.29 is 24.0 Å². The van der Waals surface area contributed by atoms with E-state index in [9.17, 15) is 19.6 Å². The summed E-state index contributed by atoms with van der Waals surface area (Å²) in [6, 6.07) is 0. The van der Waals surface area contributed by atoms with Gasteiger partial charge in [0.25, 0.3) is 5.56 Å². The van der Waals surface area contributed by atoms with Gasteiger partial charge in [-0.2, -0.15) is 0 Å². The Morgan fingerprint density at radius 3 is 2.92 bits per heavy atom. The van der Waals surface area contributed by atoms with Crippen molar-refractivity contribution in [3.8, 4) is 0 Å². The first-order chi connectivity index (χ1) is 12.4. The summed E-state index contributed by atoms with van der Waals surface area (Å²) >= 11 is 0. The molecule has 0 amide bonds. The average molecular weight is 384 g/mol. The number of fused-ring (bicyclic) bond motifs is 1. The van der Waals surface area contributed by atoms with Crippen LogP contribution in [0.5, 0.6) is 0 Å². The fourth-order valence-corrected chi connectivity index (χ4v) is 4.93. The van der Waals surface area contributed by atoms with E-state index in [1.165, 1.54) is 13.0 Å². The van der Waals surface area contributed by atoms with Crippen LogP contribution < -0.4 is 5.56 Å². The van der Waals surface area contributed by atoms with Crippen LogP contribution in [0.25, 0.3) is 5.57 Å². The van der Waals surface area contributed by atoms with Gasteiger partial charge in [0.15, 0.2) is 0 Å². The molecule has 8 nitrogen and oxygen atoms in total. The molecule has 26 heavy (non-hydrogen) atoms. The van der Waals surface area contributed by atoms with E-state index in [-0.39, 0.29) is 30.3 Å². The Bertz CT molecular complexity index is 792. The van der Waals surface area contributed by atoms with Crippen LogP contribution in [-0.2, 0) is 20.2 Å². The van der Waals surface area contributed by atoms with Gasteiger partial charge in [-0.1, -0.05) is 6.08 Å². The van der Waals surface area contributed by atoms with Crippen LogP contribution in [0, 0.1) is 11.8 Å². The van der Waals surface area contributed by atoms with Crippen LogP contribution in [0.4, 0.5) is 0 Å². The van der Waals surface area contributed by atoms with E-state index in [0.717, 1.165) is 5.57 Å². The second kappa shape index (κ2) is 7.74. The van der Waals surface area contributed by atoms with Crippen molar-refractivity contribution in [2.75, 3.05) is 26.2 Å². The average Bonchev–Trinajstić information content (AvgIpc) is 3.15. The molecule has 0 aromatic carbocycles. The van der Waals surface area contributed by atoms with Crippen molar-refractivity contribution in [3.05, 3.63) is 34.0 Å². The second-order valence-corrected chi connectivity index (χ2v) is 9.43. The van der Waals surface area contributed by atoms with E-state index in [0.29, 0.717) is 30.7 Å². The molecule has 2 aliphatic rings. The Morgan fingerprint density at radius 1 is 1.46 bits per heavy atom. The molecule has 1 fully saturated rings. The van der Waals surface area contributed by atoms with Crippen LogP contribution in [0.2, 0.25) is 0 Å². The maximum atomic E-state index is 12.3. The monoisotopic (exact) mass is 384 g/mol. The Morgan fingerprint density at radius 2 is 2.23 bits per heavy atom. The largest absolute Gasteiger partial charge is 0.396 e. The standard InChI is InChI=1S/C17H25N2O6P/c1-3-25-26(2,23)9-24-16-10(7-20)6-13(15(16)21)11-4-5-12-14(11)18-8-19-17(12)22/h4,8,10,13,15-16,20-21H,3,5-7,9H2,1-2H3,(H,18,19,22)/t10-,13+,15+,16-,26?/m1/s1. The molecule has 1 aromatic heterocycles. The van der Waals surface area contributed by atoms with Crippen molar-refractivity contribution in [1.82, 2.24) is 9.97 Å². The van der Waals surface area contributed by atoms with Gasteiger partial charge in [-0.3, -0.25) is 9.36 Å². The molecule has 3 N–H and O–H groups in total. The van der Waals surface area contributed by atoms with Crippen LogP contribution in [0.15, 0.2) is 17.2 Å². The molecule has 0 bridgehead atoms. The maximum Gasteiger partial charge on any atom is 0.254 e. The van der Waals surface area contributed by atoms with E-state index in [4.69, 9.17) is 9.26 Å². The summed E-state index contributed by atoms with van der Waals surface area (Å²) in [6.07, 6.45) is 2.60. The van der Waals surface area contributed by atoms with Gasteiger partial charge in [0.1, 0.15) is 6.35 Å². The fourth-order valence-electron chi connectivity index (χ4n) is 3.87. The molecule has 1 unspecified atom stereocenters. The molecular weight excluding hydrogens is 359 g/mol. The molecule has 0 spiro atoms. The second-order valence-electron chi connectivity index (χ2n) is 6.89. The number of aliphatic hydroxyl groups excluding tert-OH is 2. The van der Waals surface area contributed by atoms with Gasteiger partial charge in [0.05, 0.1) is 30.8 Å². The summed E-state index contributed by atoms with van der Waals surface area (Å²) in [7, 11) is -2.90. The van der Waals surface area contributed by atoms with Crippen molar-refractivity contribution in [2.45, 2.75) is 32.0 Å². The van der Waals surface area contributed by atoms with E-state index < -0.39 is 19.6 Å². The number of hydrogen-bond acceptors (Lipinski definition) is 7. The van der Waals surface area contributed by atoms with E-state index >= 15 is 0 Å². The zero-order valence-electron chi connectivity index (χ0n) is 14.9. The molecule has 3 rings (SSSR count). The first-order valence-electron chi connectivity index (χ1n) is 8.76. The highest BCUT2D eigenvalue weighted by Gasteiger charge is 2.46. The molecule has 0 aliphatic heterocycles. The molecule has 0 saturated heterocycles. The summed E-state index contributed by atoms with van der Waals surface area (Å²) in [4.78, 5) is 18.7. The lowest BCUT2D eigenvalue weighted by molar-refractivity contribution is -0.0395. The number of H-pyrrole nitrogens is 1. The SMILES string of the molecule is CCOP(C)(=O)CO[C@@H]1[C@@H](CO)C[C@@H](C2=CCc3c2nc[nH]c3=O)[C@@H]1O. The normalized spacial score (nSPS) is 30.1. The highest BCUT2D eigenvalue weighted by atomic mass is 31.2. The molecule has 1 heterocycles. The summed E-state index contributed by atoms with van der Waals surface area (Å²) in [5.74, 6) is -0.584. The summed E-state index contributed by atoms with van der Waals surface area (Å²) in [6.45, 7) is 3.42. The van der Waals surface area contributed by atoms with Crippen LogP contribution >= 0.6 is 7.37 Å². The van der Waals surface area contributed by atoms with Gasteiger partial charge in [0.2, 0.25) is 7.37 Å². The minimum absolute atomic E-state index is 0.112. The third kappa shape index (κ3) is 3.70. The number of rotatable bonds is 7. The van der Waals surface area contributed by atoms with Crippen molar-refractivity contribution in [2.24, 2.45) is 11.8 Å². The Labute approximate surface area is 151 Å². The first-order valence-corrected chi connectivity index (χ1v) is 11.0. The quantitative estimate of drug-likeness (QED) is 0.599. The molecule has 0 radical (unpaired) electrons. The number of aromatic nitrogens is 2. The smallest absolute Gasteiger partial charge is 0.254 e. The Hall–Kier alpha value is -1.31. The number of aromatic amines is 1. The molecule has 2 aliphatic carbocycles. The third-order valence-electron chi connectivity index (χ3n) is 5.06. The Kier molecular flexibility index (Phi) is 5.79. The number of hydrogen-bond donors (Lipinski definition) is 3. The number of allylic oxidation sites excluding steroid dienone is 1. The van der Waals surface area contributed by atoms with Crippen molar-refractivity contribution in [1.29, 1.82) is 0 Å². The van der Waals surface area contributed by atoms with Crippen LogP contribution in [-0.4, -0.2) is 58.6 Å². The van der Waals surface area contributed by atoms with E-state index in [1.54, 1.807) is 6.92 Å². The summed E-state index contributed by atoms with van der Waals surface area (Å²) < 4.78 is 23.2. The molecule has 144 valence electrons. The van der Waals surface area contributed by atoms with E-state index in [1.807, 2.05) is 6.08 Å². The number of nitrogens with one attached hydrogen (secondary N) is 1. The number of nitrogens with zero attached hydrogens (tertiary/aromatic N) is 1. The maximum absolute atomic E-state index is 12.3. The lowest BCUT2D eigenvalue weighted by Crippen LogP contribution is -2.33. The highest BCUT2D eigenvalue weighted by Crippen LogP contribution is 2.47. The lowest BCUT2D eigenvalue weighted by atomic mass is 9.93. The predicted molar refractivity (Wildman–Crippen MR) is 96.1 cm³/mol. The molecular formula is C17H25N2O6P. The summed E-state index contributed by atoms with van der Waals surface area (Å²) in [5.41, 5.74) is 1.83. The number of aliphatic hydroxyl groups is 2.